The van der Waals surface area contributed by atoms with Crippen LogP contribution in [0.15, 0.2) is 0 Å². The molecule has 1 heterocycles. The van der Waals surface area contributed by atoms with Crippen molar-refractivity contribution in [1.82, 2.24) is 4.37 Å². The monoisotopic (exact) mass is 269 g/mol. The van der Waals surface area contributed by atoms with Gasteiger partial charge in [-0.2, -0.15) is 4.37 Å². The molecule has 1 aromatic rings. The topological polar surface area (TPSA) is 60.2 Å². The van der Waals surface area contributed by atoms with E-state index in [4.69, 9.17) is 10.5 Å². The van der Waals surface area contributed by atoms with Gasteiger partial charge in [0.15, 0.2) is 16.6 Å². The van der Waals surface area contributed by atoms with Crippen molar-refractivity contribution in [3.63, 3.8) is 0 Å². The van der Waals surface area contributed by atoms with Crippen LogP contribution in [0.3, 0.4) is 0 Å². The van der Waals surface area contributed by atoms with E-state index in [-0.39, 0.29) is 6.10 Å². The maximum absolute atomic E-state index is 5.84. The van der Waals surface area contributed by atoms with E-state index in [0.29, 0.717) is 17.2 Å². The predicted octanol–water partition coefficient (Wildman–Crippen LogP) is 3.36. The second kappa shape index (κ2) is 4.96. The molecule has 0 radical (unpaired) electrons. The van der Waals surface area contributed by atoms with Crippen LogP contribution < -0.4 is 15.8 Å². The third-order valence-corrected chi connectivity index (χ3v) is 4.55. The minimum Gasteiger partial charge on any atom is -0.484 e. The van der Waals surface area contributed by atoms with E-state index in [1.165, 1.54) is 24.4 Å². The SMILES string of the molecule is CC(C)Oc1c(N)nsc1NCC1(C(C)C)CC1. The van der Waals surface area contributed by atoms with Gasteiger partial charge in [0.05, 0.1) is 6.10 Å². The average molecular weight is 269 g/mol. The third-order valence-electron chi connectivity index (χ3n) is 3.75. The van der Waals surface area contributed by atoms with Gasteiger partial charge in [-0.15, -0.1) is 0 Å². The van der Waals surface area contributed by atoms with E-state index in [1.54, 1.807) is 0 Å². The Morgan fingerprint density at radius 1 is 1.39 bits per heavy atom. The summed E-state index contributed by atoms with van der Waals surface area (Å²) in [6, 6.07) is 0. The summed E-state index contributed by atoms with van der Waals surface area (Å²) in [4.78, 5) is 0. The van der Waals surface area contributed by atoms with E-state index in [1.807, 2.05) is 13.8 Å². The van der Waals surface area contributed by atoms with Gasteiger partial charge < -0.3 is 15.8 Å². The number of nitrogen functional groups attached to an aromatic ring is 1. The quantitative estimate of drug-likeness (QED) is 0.831. The van der Waals surface area contributed by atoms with Crippen molar-refractivity contribution in [2.75, 3.05) is 17.6 Å². The molecule has 0 spiro atoms. The van der Waals surface area contributed by atoms with Crippen LogP contribution in [0.5, 0.6) is 5.75 Å². The van der Waals surface area contributed by atoms with Crippen LogP contribution in [-0.2, 0) is 0 Å². The van der Waals surface area contributed by atoms with Crippen molar-refractivity contribution in [3.8, 4) is 5.75 Å². The van der Waals surface area contributed by atoms with Crippen LogP contribution in [0, 0.1) is 11.3 Å². The van der Waals surface area contributed by atoms with Gasteiger partial charge in [-0.05, 0) is 49.6 Å². The Kier molecular flexibility index (Phi) is 3.71. The number of hydrogen-bond donors (Lipinski definition) is 2. The molecule has 1 fully saturated rings. The lowest BCUT2D eigenvalue weighted by molar-refractivity contribution is 0.245. The summed E-state index contributed by atoms with van der Waals surface area (Å²) in [5.74, 6) is 1.92. The average Bonchev–Trinajstić information content (AvgIpc) is 3.01. The Morgan fingerprint density at radius 2 is 2.06 bits per heavy atom. The number of nitrogens with one attached hydrogen (secondary N) is 1. The molecule has 0 amide bonds. The first-order valence-electron chi connectivity index (χ1n) is 6.60. The minimum atomic E-state index is 0.115. The first-order chi connectivity index (χ1) is 8.44. The molecule has 0 bridgehead atoms. The molecule has 1 saturated carbocycles. The molecular formula is C13H23N3OS. The summed E-state index contributed by atoms with van der Waals surface area (Å²) in [5.41, 5.74) is 6.30. The summed E-state index contributed by atoms with van der Waals surface area (Å²) in [6.45, 7) is 9.57. The molecule has 3 N–H and O–H groups in total. The lowest BCUT2D eigenvalue weighted by atomic mass is 9.92. The van der Waals surface area contributed by atoms with Gasteiger partial charge in [-0.3, -0.25) is 0 Å². The number of rotatable bonds is 6. The second-order valence-electron chi connectivity index (χ2n) is 5.76. The molecule has 1 aromatic heterocycles. The lowest BCUT2D eigenvalue weighted by Gasteiger charge is -2.20. The molecule has 0 unspecified atom stereocenters. The Hall–Kier alpha value is -0.970. The molecule has 1 aliphatic rings. The van der Waals surface area contributed by atoms with E-state index in [9.17, 15) is 0 Å². The van der Waals surface area contributed by atoms with Crippen molar-refractivity contribution in [3.05, 3.63) is 0 Å². The summed E-state index contributed by atoms with van der Waals surface area (Å²) in [6.07, 6.45) is 2.74. The normalized spacial score (nSPS) is 17.2. The number of ether oxygens (including phenoxy) is 1. The van der Waals surface area contributed by atoms with Gasteiger partial charge in [0.2, 0.25) is 0 Å². The van der Waals surface area contributed by atoms with Crippen LogP contribution in [-0.4, -0.2) is 17.0 Å². The maximum Gasteiger partial charge on any atom is 0.197 e. The molecule has 0 saturated heterocycles. The van der Waals surface area contributed by atoms with E-state index >= 15 is 0 Å². The van der Waals surface area contributed by atoms with Gasteiger partial charge in [0.1, 0.15) is 0 Å². The molecule has 0 atom stereocenters. The Balaban J connectivity index is 2.01. The summed E-state index contributed by atoms with van der Waals surface area (Å²) >= 11 is 1.39. The zero-order valence-corrected chi connectivity index (χ0v) is 12.4. The van der Waals surface area contributed by atoms with E-state index < -0.39 is 0 Å². The molecule has 2 rings (SSSR count). The Bertz CT molecular complexity index is 410. The Morgan fingerprint density at radius 3 is 2.56 bits per heavy atom. The zero-order valence-electron chi connectivity index (χ0n) is 11.6. The largest absolute Gasteiger partial charge is 0.484 e. The van der Waals surface area contributed by atoms with Gasteiger partial charge in [0, 0.05) is 6.54 Å². The number of anilines is 2. The van der Waals surface area contributed by atoms with E-state index in [2.05, 4.69) is 23.5 Å². The third kappa shape index (κ3) is 2.71. The van der Waals surface area contributed by atoms with Crippen LogP contribution >= 0.6 is 11.5 Å². The first-order valence-corrected chi connectivity index (χ1v) is 7.37. The van der Waals surface area contributed by atoms with Gasteiger partial charge in [-0.25, -0.2) is 0 Å². The molecule has 102 valence electrons. The molecule has 1 aliphatic carbocycles. The fourth-order valence-corrected chi connectivity index (χ4v) is 2.78. The van der Waals surface area contributed by atoms with Gasteiger partial charge >= 0.3 is 0 Å². The smallest absolute Gasteiger partial charge is 0.197 e. The van der Waals surface area contributed by atoms with Gasteiger partial charge in [0.25, 0.3) is 0 Å². The predicted molar refractivity (Wildman–Crippen MR) is 77.3 cm³/mol. The minimum absolute atomic E-state index is 0.115. The number of aromatic nitrogens is 1. The Labute approximate surface area is 113 Å². The molecule has 18 heavy (non-hydrogen) atoms. The van der Waals surface area contributed by atoms with Crippen molar-refractivity contribution in [2.24, 2.45) is 11.3 Å². The van der Waals surface area contributed by atoms with Crippen molar-refractivity contribution in [1.29, 1.82) is 0 Å². The molecular weight excluding hydrogens is 246 g/mol. The number of nitrogens with zero attached hydrogens (tertiary/aromatic N) is 1. The second-order valence-corrected chi connectivity index (χ2v) is 6.54. The highest BCUT2D eigenvalue weighted by Gasteiger charge is 2.45. The first kappa shape index (κ1) is 13.5. The molecule has 0 aliphatic heterocycles. The maximum atomic E-state index is 5.84. The zero-order chi connectivity index (χ0) is 13.3. The van der Waals surface area contributed by atoms with Crippen LogP contribution in [0.2, 0.25) is 0 Å². The molecule has 0 aromatic carbocycles. The molecule has 5 heteroatoms. The standard InChI is InChI=1S/C13H23N3OS/c1-8(2)13(5-6-13)7-15-12-10(17-9(3)4)11(14)16-18-12/h8-9,15H,5-7H2,1-4H3,(H2,14,16). The van der Waals surface area contributed by atoms with Crippen molar-refractivity contribution in [2.45, 2.75) is 46.6 Å². The van der Waals surface area contributed by atoms with Crippen molar-refractivity contribution >= 4 is 22.4 Å². The number of hydrogen-bond acceptors (Lipinski definition) is 5. The lowest BCUT2D eigenvalue weighted by Crippen LogP contribution is -2.21. The summed E-state index contributed by atoms with van der Waals surface area (Å²) in [5, 5.41) is 4.44. The highest BCUT2D eigenvalue weighted by Crippen LogP contribution is 2.52. The fraction of sp³-hybridized carbons (Fsp3) is 0.769. The van der Waals surface area contributed by atoms with Crippen LogP contribution in [0.1, 0.15) is 40.5 Å². The number of nitrogens with two attached hydrogens (primary N) is 1. The van der Waals surface area contributed by atoms with E-state index in [0.717, 1.165) is 17.3 Å². The fourth-order valence-electron chi connectivity index (χ4n) is 2.13. The van der Waals surface area contributed by atoms with Crippen LogP contribution in [0.4, 0.5) is 10.8 Å². The summed E-state index contributed by atoms with van der Waals surface area (Å²) < 4.78 is 9.89. The highest BCUT2D eigenvalue weighted by atomic mass is 32.1. The highest BCUT2D eigenvalue weighted by molar-refractivity contribution is 7.11. The summed E-state index contributed by atoms with van der Waals surface area (Å²) in [7, 11) is 0. The van der Waals surface area contributed by atoms with Gasteiger partial charge in [-0.1, -0.05) is 13.8 Å². The molecule has 4 nitrogen and oxygen atoms in total. The van der Waals surface area contributed by atoms with Crippen molar-refractivity contribution < 1.29 is 4.74 Å². The van der Waals surface area contributed by atoms with Crippen LogP contribution in [0.25, 0.3) is 0 Å².